The van der Waals surface area contributed by atoms with Crippen molar-refractivity contribution in [3.63, 3.8) is 0 Å². The third-order valence-electron chi connectivity index (χ3n) is 3.92. The minimum atomic E-state index is 0.394. The van der Waals surface area contributed by atoms with E-state index in [1.165, 1.54) is 5.56 Å². The second-order valence-corrected chi connectivity index (χ2v) is 5.09. The minimum absolute atomic E-state index is 0.394. The van der Waals surface area contributed by atoms with Crippen LogP contribution in [0.2, 0.25) is 0 Å². The maximum absolute atomic E-state index is 6.07. The number of nitrogen functional groups attached to an aromatic ring is 1. The monoisotopic (exact) mass is 248 g/mol. The van der Waals surface area contributed by atoms with E-state index in [4.69, 9.17) is 5.73 Å². The molecule has 1 aromatic heterocycles. The summed E-state index contributed by atoms with van der Waals surface area (Å²) in [5.74, 6) is 1.27. The highest BCUT2D eigenvalue weighted by Crippen LogP contribution is 2.33. The Morgan fingerprint density at radius 2 is 2.17 bits per heavy atom. The quantitative estimate of drug-likeness (QED) is 0.851. The molecule has 4 heteroatoms. The molecule has 2 atom stereocenters. The fourth-order valence-electron chi connectivity index (χ4n) is 2.73. The van der Waals surface area contributed by atoms with E-state index < -0.39 is 0 Å². The number of anilines is 1. The van der Waals surface area contributed by atoms with Gasteiger partial charge in [0, 0.05) is 44.0 Å². The normalized spacial score (nSPS) is 20.6. The smallest absolute Gasteiger partial charge is 0.128 e. The number of nitrogens with two attached hydrogens (primary N) is 1. The van der Waals surface area contributed by atoms with E-state index >= 15 is 0 Å². The average Bonchev–Trinajstić information content (AvgIpc) is 2.42. The largest absolute Gasteiger partial charge is 0.383 e. The Morgan fingerprint density at radius 1 is 1.44 bits per heavy atom. The molecule has 1 saturated heterocycles. The van der Waals surface area contributed by atoms with Crippen molar-refractivity contribution < 1.29 is 0 Å². The SMILES string of the molecule is CCC(C)[C@@H](c1cccnc1N)N1CCNCC1. The zero-order valence-corrected chi connectivity index (χ0v) is 11.4. The molecule has 1 unspecified atom stereocenters. The summed E-state index contributed by atoms with van der Waals surface area (Å²) < 4.78 is 0. The zero-order chi connectivity index (χ0) is 13.0. The van der Waals surface area contributed by atoms with Crippen molar-refractivity contribution in [2.45, 2.75) is 26.3 Å². The fraction of sp³-hybridized carbons (Fsp3) is 0.643. The molecule has 1 aliphatic heterocycles. The Kier molecular flexibility index (Phi) is 4.55. The van der Waals surface area contributed by atoms with Gasteiger partial charge in [-0.3, -0.25) is 4.90 Å². The van der Waals surface area contributed by atoms with E-state index in [0.717, 1.165) is 32.6 Å². The van der Waals surface area contributed by atoms with Crippen LogP contribution in [0.5, 0.6) is 0 Å². The fourth-order valence-corrected chi connectivity index (χ4v) is 2.73. The Balaban J connectivity index is 2.27. The van der Waals surface area contributed by atoms with Crippen LogP contribution in [0.15, 0.2) is 18.3 Å². The van der Waals surface area contributed by atoms with Gasteiger partial charge in [-0.1, -0.05) is 26.3 Å². The van der Waals surface area contributed by atoms with Gasteiger partial charge in [0.2, 0.25) is 0 Å². The lowest BCUT2D eigenvalue weighted by Gasteiger charge is -2.38. The molecule has 1 fully saturated rings. The molecule has 0 bridgehead atoms. The van der Waals surface area contributed by atoms with Crippen LogP contribution in [0.4, 0.5) is 5.82 Å². The first-order chi connectivity index (χ1) is 8.74. The van der Waals surface area contributed by atoms with Crippen LogP contribution in [-0.4, -0.2) is 36.1 Å². The van der Waals surface area contributed by atoms with Gasteiger partial charge in [0.05, 0.1) is 0 Å². The number of rotatable bonds is 4. The number of nitrogens with zero attached hydrogens (tertiary/aromatic N) is 2. The van der Waals surface area contributed by atoms with E-state index in [2.05, 4.69) is 35.1 Å². The predicted octanol–water partition coefficient (Wildman–Crippen LogP) is 1.66. The number of aromatic nitrogens is 1. The summed E-state index contributed by atoms with van der Waals surface area (Å²) in [6.07, 6.45) is 2.92. The van der Waals surface area contributed by atoms with Gasteiger partial charge < -0.3 is 11.1 Å². The molecule has 2 heterocycles. The lowest BCUT2D eigenvalue weighted by molar-refractivity contribution is 0.129. The number of pyridine rings is 1. The first-order valence-electron chi connectivity index (χ1n) is 6.89. The van der Waals surface area contributed by atoms with Crippen LogP contribution in [0.25, 0.3) is 0 Å². The number of hydrogen-bond donors (Lipinski definition) is 2. The first-order valence-corrected chi connectivity index (χ1v) is 6.89. The van der Waals surface area contributed by atoms with E-state index in [1.54, 1.807) is 6.20 Å². The van der Waals surface area contributed by atoms with Gasteiger partial charge in [-0.25, -0.2) is 4.98 Å². The van der Waals surface area contributed by atoms with Gasteiger partial charge >= 0.3 is 0 Å². The molecule has 18 heavy (non-hydrogen) atoms. The second kappa shape index (κ2) is 6.16. The summed E-state index contributed by atoms with van der Waals surface area (Å²) in [7, 11) is 0. The lowest BCUT2D eigenvalue weighted by atomic mass is 9.91. The highest BCUT2D eigenvalue weighted by atomic mass is 15.2. The third-order valence-corrected chi connectivity index (χ3v) is 3.92. The van der Waals surface area contributed by atoms with E-state index in [0.29, 0.717) is 17.8 Å². The first kappa shape index (κ1) is 13.3. The van der Waals surface area contributed by atoms with Crippen molar-refractivity contribution in [3.8, 4) is 0 Å². The van der Waals surface area contributed by atoms with Crippen LogP contribution in [0.1, 0.15) is 31.9 Å². The molecule has 0 aromatic carbocycles. The predicted molar refractivity (Wildman–Crippen MR) is 75.3 cm³/mol. The van der Waals surface area contributed by atoms with Crippen molar-refractivity contribution in [2.24, 2.45) is 5.92 Å². The summed E-state index contributed by atoms with van der Waals surface area (Å²) in [4.78, 5) is 6.79. The Labute approximate surface area is 110 Å². The maximum atomic E-state index is 6.07. The number of hydrogen-bond acceptors (Lipinski definition) is 4. The van der Waals surface area contributed by atoms with E-state index in [-0.39, 0.29) is 0 Å². The number of piperazine rings is 1. The van der Waals surface area contributed by atoms with Crippen molar-refractivity contribution in [1.29, 1.82) is 0 Å². The molecule has 0 radical (unpaired) electrons. The molecule has 0 amide bonds. The van der Waals surface area contributed by atoms with Crippen LogP contribution < -0.4 is 11.1 Å². The van der Waals surface area contributed by atoms with E-state index in [1.807, 2.05) is 6.07 Å². The number of nitrogens with one attached hydrogen (secondary N) is 1. The van der Waals surface area contributed by atoms with Crippen LogP contribution in [0, 0.1) is 5.92 Å². The molecule has 3 N–H and O–H groups in total. The zero-order valence-electron chi connectivity index (χ0n) is 11.4. The molecular weight excluding hydrogens is 224 g/mol. The van der Waals surface area contributed by atoms with Gasteiger partial charge in [-0.05, 0) is 12.0 Å². The van der Waals surface area contributed by atoms with Crippen molar-refractivity contribution >= 4 is 5.82 Å². The van der Waals surface area contributed by atoms with Crippen molar-refractivity contribution in [2.75, 3.05) is 31.9 Å². The molecule has 100 valence electrons. The van der Waals surface area contributed by atoms with E-state index in [9.17, 15) is 0 Å². The van der Waals surface area contributed by atoms with Crippen molar-refractivity contribution in [3.05, 3.63) is 23.9 Å². The maximum Gasteiger partial charge on any atom is 0.128 e. The molecule has 0 spiro atoms. The lowest BCUT2D eigenvalue weighted by Crippen LogP contribution is -2.46. The average molecular weight is 248 g/mol. The van der Waals surface area contributed by atoms with Crippen LogP contribution in [-0.2, 0) is 0 Å². The molecule has 0 saturated carbocycles. The summed E-state index contributed by atoms with van der Waals surface area (Å²) in [5.41, 5.74) is 7.26. The standard InChI is InChI=1S/C14H24N4/c1-3-11(2)13(18-9-7-16-8-10-18)12-5-4-6-17-14(12)15/h4-6,11,13,16H,3,7-10H2,1-2H3,(H2,15,17)/t11?,13-/m0/s1. The van der Waals surface area contributed by atoms with Gasteiger partial charge in [-0.2, -0.15) is 0 Å². The highest BCUT2D eigenvalue weighted by Gasteiger charge is 2.27. The second-order valence-electron chi connectivity index (χ2n) is 5.09. The minimum Gasteiger partial charge on any atom is -0.383 e. The van der Waals surface area contributed by atoms with Crippen molar-refractivity contribution in [1.82, 2.24) is 15.2 Å². The molecule has 0 aliphatic carbocycles. The van der Waals surface area contributed by atoms with Gasteiger partial charge in [0.15, 0.2) is 0 Å². The Hall–Kier alpha value is -1.13. The Bertz CT molecular complexity index is 374. The van der Waals surface area contributed by atoms with Crippen LogP contribution in [0.3, 0.4) is 0 Å². The van der Waals surface area contributed by atoms with Gasteiger partial charge in [0.1, 0.15) is 5.82 Å². The summed E-state index contributed by atoms with van der Waals surface area (Å²) in [5, 5.41) is 3.40. The van der Waals surface area contributed by atoms with Gasteiger partial charge in [0.25, 0.3) is 0 Å². The van der Waals surface area contributed by atoms with Gasteiger partial charge in [-0.15, -0.1) is 0 Å². The summed E-state index contributed by atoms with van der Waals surface area (Å²) >= 11 is 0. The molecule has 1 aliphatic rings. The summed E-state index contributed by atoms with van der Waals surface area (Å²) in [6, 6.07) is 4.51. The molecular formula is C14H24N4. The Morgan fingerprint density at radius 3 is 2.78 bits per heavy atom. The molecule has 1 aromatic rings. The third kappa shape index (κ3) is 2.82. The molecule has 4 nitrogen and oxygen atoms in total. The topological polar surface area (TPSA) is 54.2 Å². The summed E-state index contributed by atoms with van der Waals surface area (Å²) in [6.45, 7) is 8.85. The molecule has 2 rings (SSSR count). The highest BCUT2D eigenvalue weighted by molar-refractivity contribution is 5.41. The van der Waals surface area contributed by atoms with Crippen LogP contribution >= 0.6 is 0 Å².